The number of amides is 1. The van der Waals surface area contributed by atoms with Gasteiger partial charge >= 0.3 is 0 Å². The van der Waals surface area contributed by atoms with E-state index in [2.05, 4.69) is 16.9 Å². The van der Waals surface area contributed by atoms with Gasteiger partial charge in [-0.15, -0.1) is 0 Å². The molecule has 2 aliphatic heterocycles. The van der Waals surface area contributed by atoms with Crippen LogP contribution in [0.15, 0.2) is 36.4 Å². The van der Waals surface area contributed by atoms with Gasteiger partial charge in [0.05, 0.1) is 5.52 Å². The highest BCUT2D eigenvalue weighted by molar-refractivity contribution is 5.95. The van der Waals surface area contributed by atoms with Crippen molar-refractivity contribution < 1.29 is 4.79 Å². The Kier molecular flexibility index (Phi) is 3.57. The van der Waals surface area contributed by atoms with Gasteiger partial charge in [-0.05, 0) is 51.4 Å². The van der Waals surface area contributed by atoms with Crippen LogP contribution in [0.5, 0.6) is 0 Å². The van der Waals surface area contributed by atoms with Crippen molar-refractivity contribution in [1.82, 2.24) is 14.8 Å². The molecule has 0 N–H and O–H groups in total. The predicted molar refractivity (Wildman–Crippen MR) is 91.5 cm³/mol. The van der Waals surface area contributed by atoms with Gasteiger partial charge in [-0.2, -0.15) is 0 Å². The largest absolute Gasteiger partial charge is 0.335 e. The molecule has 3 heterocycles. The number of para-hydroxylation sites is 1. The van der Waals surface area contributed by atoms with Gasteiger partial charge < -0.3 is 4.90 Å². The van der Waals surface area contributed by atoms with E-state index in [0.717, 1.165) is 37.0 Å². The maximum Gasteiger partial charge on any atom is 0.272 e. The first kappa shape index (κ1) is 14.6. The van der Waals surface area contributed by atoms with Crippen LogP contribution in [0, 0.1) is 0 Å². The van der Waals surface area contributed by atoms with E-state index in [0.29, 0.717) is 5.69 Å². The van der Waals surface area contributed by atoms with Crippen LogP contribution in [0.2, 0.25) is 0 Å². The Bertz CT molecular complexity index is 744. The molecule has 23 heavy (non-hydrogen) atoms. The topological polar surface area (TPSA) is 36.4 Å². The van der Waals surface area contributed by atoms with Gasteiger partial charge in [0, 0.05) is 24.0 Å². The van der Waals surface area contributed by atoms with Gasteiger partial charge in [-0.25, -0.2) is 4.98 Å². The maximum absolute atomic E-state index is 12.9. The molecule has 0 saturated carbocycles. The van der Waals surface area contributed by atoms with Crippen molar-refractivity contribution in [3.8, 4) is 0 Å². The number of piperidine rings is 1. The van der Waals surface area contributed by atoms with Crippen LogP contribution >= 0.6 is 0 Å². The SMILES string of the molecule is CN1CCC[C@@]12CCCN(C(=O)c1ccc3ccccc3n1)C2. The normalized spacial score (nSPS) is 25.3. The fraction of sp³-hybridized carbons (Fsp3) is 0.474. The van der Waals surface area contributed by atoms with Crippen molar-refractivity contribution in [2.45, 2.75) is 31.2 Å². The molecule has 1 atom stereocenters. The predicted octanol–water partition coefficient (Wildman–Crippen LogP) is 2.94. The van der Waals surface area contributed by atoms with Gasteiger partial charge in [0.25, 0.3) is 5.91 Å². The van der Waals surface area contributed by atoms with E-state index in [9.17, 15) is 4.79 Å². The van der Waals surface area contributed by atoms with Crippen molar-refractivity contribution in [3.63, 3.8) is 0 Å². The number of nitrogens with zero attached hydrogens (tertiary/aromatic N) is 3. The van der Waals surface area contributed by atoms with E-state index in [1.165, 1.54) is 19.3 Å². The smallest absolute Gasteiger partial charge is 0.272 e. The van der Waals surface area contributed by atoms with E-state index in [1.807, 2.05) is 41.3 Å². The highest BCUT2D eigenvalue weighted by Crippen LogP contribution is 2.36. The van der Waals surface area contributed by atoms with E-state index in [-0.39, 0.29) is 11.4 Å². The summed E-state index contributed by atoms with van der Waals surface area (Å²) in [6, 6.07) is 11.8. The first-order valence-corrected chi connectivity index (χ1v) is 8.54. The van der Waals surface area contributed by atoms with Crippen molar-refractivity contribution in [2.24, 2.45) is 0 Å². The van der Waals surface area contributed by atoms with Crippen LogP contribution < -0.4 is 0 Å². The third-order valence-electron chi connectivity index (χ3n) is 5.61. The summed E-state index contributed by atoms with van der Waals surface area (Å²) in [5.74, 6) is 0.0788. The zero-order chi connectivity index (χ0) is 15.9. The van der Waals surface area contributed by atoms with Crippen LogP contribution in [0.4, 0.5) is 0 Å². The fourth-order valence-corrected chi connectivity index (χ4v) is 4.22. The molecule has 0 bridgehead atoms. The number of aromatic nitrogens is 1. The van der Waals surface area contributed by atoms with Crippen molar-refractivity contribution in [2.75, 3.05) is 26.7 Å². The van der Waals surface area contributed by atoms with Crippen molar-refractivity contribution in [3.05, 3.63) is 42.1 Å². The molecule has 1 amide bonds. The van der Waals surface area contributed by atoms with E-state index < -0.39 is 0 Å². The highest BCUT2D eigenvalue weighted by atomic mass is 16.2. The van der Waals surface area contributed by atoms with Crippen molar-refractivity contribution in [1.29, 1.82) is 0 Å². The zero-order valence-electron chi connectivity index (χ0n) is 13.7. The standard InChI is InChI=1S/C19H23N3O/c1-21-12-4-10-19(21)11-5-13-22(14-19)18(23)17-9-8-15-6-2-3-7-16(15)20-17/h2-3,6-9H,4-5,10-14H2,1H3/t19-/m0/s1. The van der Waals surface area contributed by atoms with E-state index in [4.69, 9.17) is 0 Å². The number of carbonyl (C=O) groups excluding carboxylic acids is 1. The molecule has 0 aliphatic carbocycles. The quantitative estimate of drug-likeness (QED) is 0.812. The molecular weight excluding hydrogens is 286 g/mol. The monoisotopic (exact) mass is 309 g/mol. The summed E-state index contributed by atoms with van der Waals surface area (Å²) in [6.45, 7) is 2.84. The maximum atomic E-state index is 12.9. The second-order valence-electron chi connectivity index (χ2n) is 6.97. The molecule has 4 nitrogen and oxygen atoms in total. The number of pyridine rings is 1. The number of fused-ring (bicyclic) bond motifs is 1. The van der Waals surface area contributed by atoms with E-state index in [1.54, 1.807) is 0 Å². The molecule has 1 spiro atoms. The molecule has 0 radical (unpaired) electrons. The number of hydrogen-bond acceptors (Lipinski definition) is 3. The van der Waals surface area contributed by atoms with Gasteiger partial charge in [0.2, 0.25) is 0 Å². The fourth-order valence-electron chi connectivity index (χ4n) is 4.22. The zero-order valence-corrected chi connectivity index (χ0v) is 13.7. The second kappa shape index (κ2) is 5.60. The summed E-state index contributed by atoms with van der Waals surface area (Å²) in [6.07, 6.45) is 4.74. The number of likely N-dealkylation sites (tertiary alicyclic amines) is 2. The van der Waals surface area contributed by atoms with Crippen LogP contribution in [0.1, 0.15) is 36.2 Å². The van der Waals surface area contributed by atoms with Crippen LogP contribution in [0.3, 0.4) is 0 Å². The summed E-state index contributed by atoms with van der Waals surface area (Å²) in [4.78, 5) is 22.0. The van der Waals surface area contributed by atoms with Crippen LogP contribution in [-0.2, 0) is 0 Å². The Balaban J connectivity index is 1.60. The molecule has 120 valence electrons. The van der Waals surface area contributed by atoms with E-state index >= 15 is 0 Å². The first-order valence-electron chi connectivity index (χ1n) is 8.54. The molecule has 4 heteroatoms. The average Bonchev–Trinajstić information content (AvgIpc) is 2.93. The lowest BCUT2D eigenvalue weighted by Crippen LogP contribution is -2.55. The molecule has 1 aromatic heterocycles. The van der Waals surface area contributed by atoms with Crippen LogP contribution in [-0.4, -0.2) is 52.9 Å². The molecule has 2 aromatic rings. The van der Waals surface area contributed by atoms with Crippen molar-refractivity contribution >= 4 is 16.8 Å². The Morgan fingerprint density at radius 3 is 2.70 bits per heavy atom. The lowest BCUT2D eigenvalue weighted by atomic mass is 9.86. The first-order chi connectivity index (χ1) is 11.2. The summed E-state index contributed by atoms with van der Waals surface area (Å²) in [5, 5.41) is 1.08. The summed E-state index contributed by atoms with van der Waals surface area (Å²) in [5.41, 5.74) is 1.66. The number of carbonyl (C=O) groups is 1. The minimum atomic E-state index is 0.0788. The Morgan fingerprint density at radius 2 is 1.87 bits per heavy atom. The molecule has 0 unspecified atom stereocenters. The van der Waals surface area contributed by atoms with Gasteiger partial charge in [-0.3, -0.25) is 9.69 Å². The van der Waals surface area contributed by atoms with Gasteiger partial charge in [-0.1, -0.05) is 24.3 Å². The lowest BCUT2D eigenvalue weighted by molar-refractivity contribution is 0.0408. The minimum Gasteiger partial charge on any atom is -0.335 e. The lowest BCUT2D eigenvalue weighted by Gasteiger charge is -2.44. The third-order valence-corrected chi connectivity index (χ3v) is 5.61. The number of likely N-dealkylation sites (N-methyl/N-ethyl adjacent to an activating group) is 1. The van der Waals surface area contributed by atoms with Crippen LogP contribution in [0.25, 0.3) is 10.9 Å². The Morgan fingerprint density at radius 1 is 1.09 bits per heavy atom. The van der Waals surface area contributed by atoms with Gasteiger partial charge in [0.15, 0.2) is 0 Å². The molecule has 2 fully saturated rings. The molecular formula is C19H23N3O. The van der Waals surface area contributed by atoms with Gasteiger partial charge in [0.1, 0.15) is 5.69 Å². The minimum absolute atomic E-state index is 0.0788. The molecule has 2 aliphatic rings. The number of rotatable bonds is 1. The Hall–Kier alpha value is -1.94. The summed E-state index contributed by atoms with van der Waals surface area (Å²) < 4.78 is 0. The second-order valence-corrected chi connectivity index (χ2v) is 6.97. The number of benzene rings is 1. The molecule has 1 aromatic carbocycles. The number of hydrogen-bond donors (Lipinski definition) is 0. The molecule has 2 saturated heterocycles. The average molecular weight is 309 g/mol. The summed E-state index contributed by atoms with van der Waals surface area (Å²) in [7, 11) is 2.20. The molecule has 4 rings (SSSR count). The third kappa shape index (κ3) is 2.51. The summed E-state index contributed by atoms with van der Waals surface area (Å²) >= 11 is 0. The highest BCUT2D eigenvalue weighted by Gasteiger charge is 2.43. The Labute approximate surface area is 137 Å².